The molecule has 0 atom stereocenters. The van der Waals surface area contributed by atoms with Crippen molar-refractivity contribution in [3.05, 3.63) is 12.2 Å². The average molecular weight is 222 g/mol. The van der Waals surface area contributed by atoms with Crippen LogP contribution in [0.4, 0.5) is 0 Å². The second-order valence-electron chi connectivity index (χ2n) is 5.82. The third-order valence-electron chi connectivity index (χ3n) is 4.02. The second-order valence-corrected chi connectivity index (χ2v) is 5.82. The smallest absolute Gasteiger partial charge is 0.244 e. The van der Waals surface area contributed by atoms with Gasteiger partial charge in [-0.05, 0) is 38.8 Å². The van der Waals surface area contributed by atoms with E-state index in [1.807, 2.05) is 25.1 Å². The number of hydrogen-bond donors (Lipinski definition) is 1. The number of carbonyl (C=O) groups excluding carboxylic acids is 1. The molecule has 3 rings (SSSR count). The maximum atomic E-state index is 11.6. The number of likely N-dealkylation sites (N-methyl/N-ethyl adjacent to an activating group) is 1. The molecule has 0 spiro atoms. The molecule has 3 heteroatoms. The molecule has 0 aromatic rings. The zero-order valence-electron chi connectivity index (χ0n) is 10.5. The van der Waals surface area contributed by atoms with Crippen LogP contribution in [-0.4, -0.2) is 37.0 Å². The number of carbonyl (C=O) groups is 1. The summed E-state index contributed by atoms with van der Waals surface area (Å²) in [5.41, 5.74) is 0.774. The van der Waals surface area contributed by atoms with E-state index in [1.165, 1.54) is 25.7 Å². The Hall–Kier alpha value is -0.830. The van der Waals surface area contributed by atoms with Gasteiger partial charge < -0.3 is 10.2 Å². The molecule has 0 unspecified atom stereocenters. The van der Waals surface area contributed by atoms with Crippen molar-refractivity contribution in [1.29, 1.82) is 0 Å². The molecule has 16 heavy (non-hydrogen) atoms. The Kier molecular flexibility index (Phi) is 2.82. The molecule has 0 saturated heterocycles. The van der Waals surface area contributed by atoms with Crippen LogP contribution in [0.2, 0.25) is 0 Å². The van der Waals surface area contributed by atoms with Crippen molar-refractivity contribution in [2.75, 3.05) is 20.6 Å². The Labute approximate surface area is 97.9 Å². The van der Waals surface area contributed by atoms with Gasteiger partial charge >= 0.3 is 0 Å². The molecule has 3 aliphatic carbocycles. The first-order valence-electron chi connectivity index (χ1n) is 6.13. The lowest BCUT2D eigenvalue weighted by Crippen LogP contribution is -2.74. The van der Waals surface area contributed by atoms with E-state index in [4.69, 9.17) is 0 Å². The van der Waals surface area contributed by atoms with E-state index in [1.54, 1.807) is 6.08 Å². The average Bonchev–Trinajstić information content (AvgIpc) is 2.08. The molecule has 3 aliphatic rings. The van der Waals surface area contributed by atoms with E-state index in [0.717, 1.165) is 6.54 Å². The molecule has 3 fully saturated rings. The minimum Gasteiger partial charge on any atom is -0.347 e. The van der Waals surface area contributed by atoms with Gasteiger partial charge in [-0.1, -0.05) is 19.4 Å². The number of nitrogens with one attached hydrogen (secondary N) is 1. The van der Waals surface area contributed by atoms with Crippen LogP contribution in [0, 0.1) is 5.41 Å². The highest BCUT2D eigenvalue weighted by Crippen LogP contribution is 2.68. The summed E-state index contributed by atoms with van der Waals surface area (Å²) in [5.74, 6) is 0.0752. The van der Waals surface area contributed by atoms with E-state index in [2.05, 4.69) is 12.2 Å². The minimum absolute atomic E-state index is 0.0752. The molecule has 1 N–H and O–H groups in total. The first-order valence-corrected chi connectivity index (χ1v) is 6.13. The lowest BCUT2D eigenvalue weighted by atomic mass is 9.38. The first-order chi connectivity index (χ1) is 7.49. The zero-order valence-corrected chi connectivity index (χ0v) is 10.5. The van der Waals surface area contributed by atoms with Crippen LogP contribution in [0.1, 0.15) is 32.6 Å². The molecule has 0 heterocycles. The van der Waals surface area contributed by atoms with Gasteiger partial charge in [0.1, 0.15) is 0 Å². The van der Waals surface area contributed by atoms with Crippen LogP contribution in [0.15, 0.2) is 12.2 Å². The maximum Gasteiger partial charge on any atom is 0.244 e. The van der Waals surface area contributed by atoms with Crippen LogP contribution < -0.4 is 5.32 Å². The summed E-state index contributed by atoms with van der Waals surface area (Å²) in [6.07, 6.45) is 8.44. The molecule has 0 aromatic heterocycles. The van der Waals surface area contributed by atoms with Crippen LogP contribution in [0.25, 0.3) is 0 Å². The monoisotopic (exact) mass is 222 g/mol. The van der Waals surface area contributed by atoms with Crippen LogP contribution in [-0.2, 0) is 4.79 Å². The number of amides is 1. The van der Waals surface area contributed by atoms with Gasteiger partial charge in [0.25, 0.3) is 0 Å². The summed E-state index contributed by atoms with van der Waals surface area (Å²) in [4.78, 5) is 13.7. The van der Waals surface area contributed by atoms with E-state index >= 15 is 0 Å². The Bertz CT molecular complexity index is 300. The molecule has 0 aromatic carbocycles. The van der Waals surface area contributed by atoms with Gasteiger partial charge in [0.05, 0.1) is 0 Å². The quantitative estimate of drug-likeness (QED) is 0.716. The largest absolute Gasteiger partial charge is 0.347 e. The third kappa shape index (κ3) is 2.01. The fourth-order valence-corrected chi connectivity index (χ4v) is 3.18. The van der Waals surface area contributed by atoms with Crippen LogP contribution in [0.5, 0.6) is 0 Å². The van der Waals surface area contributed by atoms with Crippen molar-refractivity contribution < 1.29 is 4.79 Å². The summed E-state index contributed by atoms with van der Waals surface area (Å²) >= 11 is 0. The number of nitrogens with zero attached hydrogens (tertiary/aromatic N) is 1. The summed E-state index contributed by atoms with van der Waals surface area (Å²) in [5, 5.41) is 3.15. The van der Waals surface area contributed by atoms with E-state index < -0.39 is 0 Å². The van der Waals surface area contributed by atoms with Gasteiger partial charge in [0, 0.05) is 18.2 Å². The predicted octanol–water partition coefficient (Wildman–Crippen LogP) is 1.55. The van der Waals surface area contributed by atoms with E-state index in [0.29, 0.717) is 5.41 Å². The topological polar surface area (TPSA) is 32.3 Å². The summed E-state index contributed by atoms with van der Waals surface area (Å²) in [6.45, 7) is 3.07. The minimum atomic E-state index is 0.0752. The van der Waals surface area contributed by atoms with Gasteiger partial charge in [-0.25, -0.2) is 0 Å². The van der Waals surface area contributed by atoms with Gasteiger partial charge in [-0.15, -0.1) is 0 Å². The second kappa shape index (κ2) is 3.88. The van der Waals surface area contributed by atoms with Crippen LogP contribution >= 0.6 is 0 Å². The highest BCUT2D eigenvalue weighted by molar-refractivity contribution is 5.88. The highest BCUT2D eigenvalue weighted by atomic mass is 16.1. The van der Waals surface area contributed by atoms with Gasteiger partial charge in [0.2, 0.25) is 5.91 Å². The Morgan fingerprint density at radius 3 is 2.50 bits per heavy atom. The van der Waals surface area contributed by atoms with Crippen molar-refractivity contribution in [2.24, 2.45) is 5.41 Å². The fourth-order valence-electron chi connectivity index (χ4n) is 3.18. The highest BCUT2D eigenvalue weighted by Gasteiger charge is 2.66. The Balaban J connectivity index is 1.72. The van der Waals surface area contributed by atoms with Crippen LogP contribution in [0.3, 0.4) is 0 Å². The molecule has 1 amide bonds. The Morgan fingerprint density at radius 1 is 1.38 bits per heavy atom. The Morgan fingerprint density at radius 2 is 2.00 bits per heavy atom. The van der Waals surface area contributed by atoms with Crippen molar-refractivity contribution in [1.82, 2.24) is 10.2 Å². The number of hydrogen-bond acceptors (Lipinski definition) is 2. The van der Waals surface area contributed by atoms with Gasteiger partial charge in [-0.2, -0.15) is 0 Å². The van der Waals surface area contributed by atoms with Gasteiger partial charge in [0.15, 0.2) is 0 Å². The molecular formula is C13H22N2O. The van der Waals surface area contributed by atoms with Crippen molar-refractivity contribution in [2.45, 2.75) is 38.1 Å². The molecule has 0 aliphatic heterocycles. The third-order valence-corrected chi connectivity index (χ3v) is 4.02. The van der Waals surface area contributed by atoms with E-state index in [-0.39, 0.29) is 11.4 Å². The SMILES string of the molecule is CCC12CC(NC(=O)/C=C/CN(C)C)(C1)C2. The molecule has 90 valence electrons. The van der Waals surface area contributed by atoms with E-state index in [9.17, 15) is 4.79 Å². The molecule has 2 bridgehead atoms. The summed E-state index contributed by atoms with van der Waals surface area (Å²) < 4.78 is 0. The van der Waals surface area contributed by atoms with Gasteiger partial charge in [-0.3, -0.25) is 4.79 Å². The summed E-state index contributed by atoms with van der Waals surface area (Å²) in [6, 6.07) is 0. The standard InChI is InChI=1S/C13H22N2O/c1-4-12-8-13(9-12,10-12)14-11(16)6-5-7-15(2)3/h5-6H,4,7-10H2,1-3H3,(H,14,16)/b6-5+. The number of rotatable bonds is 5. The molecule has 0 radical (unpaired) electrons. The summed E-state index contributed by atoms with van der Waals surface area (Å²) in [7, 11) is 3.99. The van der Waals surface area contributed by atoms with Crippen molar-refractivity contribution in [3.63, 3.8) is 0 Å². The first kappa shape index (κ1) is 11.6. The molecule has 3 nitrogen and oxygen atoms in total. The lowest BCUT2D eigenvalue weighted by molar-refractivity contribution is -0.164. The maximum absolute atomic E-state index is 11.6. The zero-order chi connectivity index (χ0) is 11.8. The molecule has 3 saturated carbocycles. The normalized spacial score (nSPS) is 36.0. The lowest BCUT2D eigenvalue weighted by Gasteiger charge is -2.70. The van der Waals surface area contributed by atoms with Crippen molar-refractivity contribution >= 4 is 5.91 Å². The predicted molar refractivity (Wildman–Crippen MR) is 65.1 cm³/mol. The fraction of sp³-hybridized carbons (Fsp3) is 0.769. The van der Waals surface area contributed by atoms with Crippen molar-refractivity contribution in [3.8, 4) is 0 Å². The molecular weight excluding hydrogens is 200 g/mol.